The Balaban J connectivity index is 1.04. The average Bonchev–Trinajstić information content (AvgIpc) is 3.83. The third-order valence-corrected chi connectivity index (χ3v) is 13.2. The molecular weight excluding hydrogens is 797 g/mol. The summed E-state index contributed by atoms with van der Waals surface area (Å²) in [5.41, 5.74) is 13.2. The van der Waals surface area contributed by atoms with Gasteiger partial charge in [-0.2, -0.15) is 0 Å². The molecule has 5 heteroatoms. The first kappa shape index (κ1) is 32.7. The van der Waals surface area contributed by atoms with Gasteiger partial charge < -0.3 is 4.42 Å². The second kappa shape index (κ2) is 13.6. The number of hydrogen-bond donors (Lipinski definition) is 0. The molecule has 0 amide bonds. The van der Waals surface area contributed by atoms with Gasteiger partial charge in [-0.3, -0.25) is 4.57 Å². The van der Waals surface area contributed by atoms with Crippen LogP contribution in [0.4, 0.5) is 0 Å². The Morgan fingerprint density at radius 2 is 1.02 bits per heavy atom. The fourth-order valence-electron chi connectivity index (χ4n) is 7.95. The Kier molecular flexibility index (Phi) is 7.91. The van der Waals surface area contributed by atoms with Gasteiger partial charge in [-0.05, 0) is 78.4 Å². The van der Waals surface area contributed by atoms with E-state index in [0.717, 1.165) is 68.1 Å². The zero-order valence-electron chi connectivity index (χ0n) is 30.1. The van der Waals surface area contributed by atoms with Crippen LogP contribution in [0.1, 0.15) is 11.1 Å². The molecule has 0 radical (unpaired) electrons. The summed E-state index contributed by atoms with van der Waals surface area (Å²) < 4.78 is 11.1. The van der Waals surface area contributed by atoms with Crippen LogP contribution < -0.4 is 0 Å². The number of aliphatic imine (C=N–C) groups is 2. The maximum Gasteiger partial charge on any atom is 0.175 e. The summed E-state index contributed by atoms with van der Waals surface area (Å²) in [6.45, 7) is 0. The molecule has 1 aliphatic rings. The summed E-state index contributed by atoms with van der Waals surface area (Å²) in [7, 11) is 0. The van der Waals surface area contributed by atoms with Crippen molar-refractivity contribution in [3.05, 3.63) is 205 Å². The molecule has 0 unspecified atom stereocenters. The van der Waals surface area contributed by atoms with Crippen molar-refractivity contribution >= 4 is 77.8 Å². The van der Waals surface area contributed by atoms with Crippen molar-refractivity contribution in [2.75, 3.05) is 0 Å². The van der Waals surface area contributed by atoms with Gasteiger partial charge in [-0.15, -0.1) is 0 Å². The standard InChI is InChI=1S/C51H32IN3O/c1-3-14-34(15-4-1)39-20-7-8-21-40(39)38-19-13-18-37(32-38)33-26-28-36(29-27-33)50-53-49(35-16-5-2-6-17-35)52-51(54-50)55-45-24-11-9-22-41(45)43-30-31-44-42-23-10-12-25-46(42)56-48(44)47(43)55/h1-32H. The molecule has 0 bridgehead atoms. The zero-order valence-corrected chi connectivity index (χ0v) is 32.3. The molecule has 0 spiro atoms. The van der Waals surface area contributed by atoms with E-state index in [1.54, 1.807) is 0 Å². The van der Waals surface area contributed by atoms with Crippen molar-refractivity contribution in [1.82, 2.24) is 4.57 Å². The summed E-state index contributed by atoms with van der Waals surface area (Å²) in [4.78, 5) is 10.7. The van der Waals surface area contributed by atoms with Crippen molar-refractivity contribution < 1.29 is 4.42 Å². The van der Waals surface area contributed by atoms with E-state index in [4.69, 9.17) is 14.4 Å². The lowest BCUT2D eigenvalue weighted by Gasteiger charge is -2.15. The minimum atomic E-state index is -0.787. The van der Waals surface area contributed by atoms with Gasteiger partial charge in [0.2, 0.25) is 0 Å². The molecule has 0 saturated heterocycles. The minimum absolute atomic E-state index is 0.713. The van der Waals surface area contributed by atoms with Crippen LogP contribution in [0.25, 0.3) is 77.1 Å². The van der Waals surface area contributed by atoms with Gasteiger partial charge >= 0.3 is 0 Å². The Hall–Kier alpha value is -6.70. The number of furan rings is 1. The van der Waals surface area contributed by atoms with Crippen molar-refractivity contribution in [3.63, 3.8) is 0 Å². The van der Waals surface area contributed by atoms with E-state index in [0.29, 0.717) is 5.84 Å². The summed E-state index contributed by atoms with van der Waals surface area (Å²) in [5, 5.41) is 4.56. The summed E-state index contributed by atoms with van der Waals surface area (Å²) in [5.74, 6) is 0.713. The SMILES string of the molecule is c1ccc(C2=IC(n3c4ccccc4c4ccc5c6ccccc6oc5c43)=NC(c3ccc(-c4cccc(-c5ccccc5-c5ccccc5)c4)cc3)=N2)cc1. The molecule has 11 rings (SSSR count). The van der Waals surface area contributed by atoms with E-state index in [1.165, 1.54) is 27.6 Å². The molecule has 8 aromatic carbocycles. The normalized spacial score (nSPS) is 13.1. The number of fused-ring (bicyclic) bond motifs is 7. The molecule has 0 fully saturated rings. The van der Waals surface area contributed by atoms with Crippen LogP contribution in [0.2, 0.25) is 0 Å². The maximum absolute atomic E-state index is 6.67. The monoisotopic (exact) mass is 829 g/mol. The number of halogens is 1. The van der Waals surface area contributed by atoms with Crippen LogP contribution in [0.5, 0.6) is 0 Å². The molecule has 0 saturated carbocycles. The molecule has 4 nitrogen and oxygen atoms in total. The van der Waals surface area contributed by atoms with Gasteiger partial charge in [0.1, 0.15) is 9.22 Å². The van der Waals surface area contributed by atoms with E-state index in [-0.39, 0.29) is 0 Å². The lowest BCUT2D eigenvalue weighted by molar-refractivity contribution is 0.671. The van der Waals surface area contributed by atoms with Gasteiger partial charge in [0.15, 0.2) is 15.3 Å². The lowest BCUT2D eigenvalue weighted by Crippen LogP contribution is -2.15. The van der Waals surface area contributed by atoms with E-state index in [9.17, 15) is 0 Å². The second-order valence-corrected chi connectivity index (χ2v) is 16.5. The van der Waals surface area contributed by atoms with Crippen molar-refractivity contribution in [2.24, 2.45) is 9.98 Å². The van der Waals surface area contributed by atoms with Gasteiger partial charge in [0.25, 0.3) is 0 Å². The quantitative estimate of drug-likeness (QED) is 0.159. The Labute approximate surface area is 333 Å². The van der Waals surface area contributed by atoms with Gasteiger partial charge in [-0.1, -0.05) is 170 Å². The minimum Gasteiger partial charge on any atom is -0.454 e. The number of para-hydroxylation sites is 2. The highest BCUT2D eigenvalue weighted by molar-refractivity contribution is 14.2. The van der Waals surface area contributed by atoms with Crippen molar-refractivity contribution in [3.8, 4) is 33.4 Å². The largest absolute Gasteiger partial charge is 0.454 e. The zero-order chi connectivity index (χ0) is 37.0. The predicted octanol–water partition coefficient (Wildman–Crippen LogP) is 13.5. The number of amidine groups is 1. The van der Waals surface area contributed by atoms with E-state index < -0.39 is 20.7 Å². The van der Waals surface area contributed by atoms with E-state index in [2.05, 4.69) is 193 Å². The number of rotatable bonds is 5. The summed E-state index contributed by atoms with van der Waals surface area (Å²) >= 11 is -0.787. The summed E-state index contributed by atoms with van der Waals surface area (Å²) in [6, 6.07) is 68.7. The first-order valence-electron chi connectivity index (χ1n) is 18.7. The van der Waals surface area contributed by atoms with Crippen molar-refractivity contribution in [1.29, 1.82) is 0 Å². The predicted molar refractivity (Wildman–Crippen MR) is 243 cm³/mol. The highest BCUT2D eigenvalue weighted by Crippen LogP contribution is 2.40. The fraction of sp³-hybridized carbons (Fsp3) is 0. The number of hydrogen-bond acceptors (Lipinski definition) is 3. The third kappa shape index (κ3) is 5.54. The molecule has 264 valence electrons. The van der Waals surface area contributed by atoms with Crippen LogP contribution in [-0.2, 0) is 0 Å². The van der Waals surface area contributed by atoms with Gasteiger partial charge in [-0.25, -0.2) is 9.98 Å². The third-order valence-electron chi connectivity index (χ3n) is 10.6. The van der Waals surface area contributed by atoms with Crippen LogP contribution in [0.15, 0.2) is 209 Å². The fourth-order valence-corrected chi connectivity index (χ4v) is 10.5. The summed E-state index contributed by atoms with van der Waals surface area (Å²) in [6.07, 6.45) is 0. The molecule has 0 atom stereocenters. The molecule has 56 heavy (non-hydrogen) atoms. The molecule has 2 aromatic heterocycles. The Bertz CT molecular complexity index is 3230. The lowest BCUT2D eigenvalue weighted by atomic mass is 9.92. The maximum atomic E-state index is 6.67. The second-order valence-electron chi connectivity index (χ2n) is 13.9. The molecule has 0 aliphatic carbocycles. The molecule has 10 aromatic rings. The highest BCUT2D eigenvalue weighted by atomic mass is 127. The van der Waals surface area contributed by atoms with Crippen molar-refractivity contribution in [2.45, 2.75) is 0 Å². The Morgan fingerprint density at radius 3 is 1.82 bits per heavy atom. The smallest absolute Gasteiger partial charge is 0.175 e. The molecular formula is C51H32IN3O. The number of benzene rings is 8. The average molecular weight is 830 g/mol. The first-order valence-corrected chi connectivity index (χ1v) is 20.9. The molecule has 3 heterocycles. The Morgan fingerprint density at radius 1 is 0.411 bits per heavy atom. The van der Waals surface area contributed by atoms with Crippen LogP contribution >= 0.6 is 20.7 Å². The van der Waals surface area contributed by atoms with Crippen LogP contribution in [-0.4, -0.2) is 17.9 Å². The molecule has 1 aliphatic heterocycles. The topological polar surface area (TPSA) is 42.8 Å². The first-order chi connectivity index (χ1) is 27.8. The molecule has 0 N–H and O–H groups in total. The van der Waals surface area contributed by atoms with Gasteiger partial charge in [0.05, 0.1) is 11.0 Å². The van der Waals surface area contributed by atoms with Gasteiger partial charge in [0, 0.05) is 32.7 Å². The van der Waals surface area contributed by atoms with E-state index in [1.807, 2.05) is 6.07 Å². The number of nitrogens with zero attached hydrogens (tertiary/aromatic N) is 3. The van der Waals surface area contributed by atoms with Crippen LogP contribution in [0.3, 0.4) is 0 Å². The van der Waals surface area contributed by atoms with Crippen LogP contribution in [0, 0.1) is 0 Å². The van der Waals surface area contributed by atoms with E-state index >= 15 is 0 Å². The number of aromatic nitrogens is 1. The highest BCUT2D eigenvalue weighted by Gasteiger charge is 2.23.